The SMILES string of the molecule is CCOc1ccccc1NC(=O)CCSc1nc(O)cc(=O)[nH]1. The van der Waals surface area contributed by atoms with Crippen molar-refractivity contribution >= 4 is 23.4 Å². The highest BCUT2D eigenvalue weighted by Crippen LogP contribution is 2.24. The van der Waals surface area contributed by atoms with Crippen molar-refractivity contribution in [3.63, 3.8) is 0 Å². The van der Waals surface area contributed by atoms with Crippen LogP contribution in [0.3, 0.4) is 0 Å². The second-order valence-corrected chi connectivity index (χ2v) is 5.57. The molecule has 23 heavy (non-hydrogen) atoms. The van der Waals surface area contributed by atoms with Crippen LogP contribution in [0.2, 0.25) is 0 Å². The van der Waals surface area contributed by atoms with Crippen molar-refractivity contribution in [3.05, 3.63) is 40.7 Å². The van der Waals surface area contributed by atoms with Crippen LogP contribution < -0.4 is 15.6 Å². The molecule has 7 nitrogen and oxygen atoms in total. The van der Waals surface area contributed by atoms with Gasteiger partial charge in [-0.05, 0) is 19.1 Å². The number of para-hydroxylation sites is 2. The molecule has 0 atom stereocenters. The number of hydrogen-bond acceptors (Lipinski definition) is 6. The summed E-state index contributed by atoms with van der Waals surface area (Å²) in [5.74, 6) is 0.517. The van der Waals surface area contributed by atoms with Crippen LogP contribution in [0, 0.1) is 0 Å². The fraction of sp³-hybridized carbons (Fsp3) is 0.267. The second kappa shape index (κ2) is 8.23. The van der Waals surface area contributed by atoms with Crippen LogP contribution in [-0.4, -0.2) is 33.3 Å². The first kappa shape index (κ1) is 16.9. The molecule has 1 aromatic carbocycles. The lowest BCUT2D eigenvalue weighted by atomic mass is 10.3. The summed E-state index contributed by atoms with van der Waals surface area (Å²) < 4.78 is 5.44. The summed E-state index contributed by atoms with van der Waals surface area (Å²) in [6.07, 6.45) is 0.227. The number of H-pyrrole nitrogens is 1. The maximum Gasteiger partial charge on any atom is 0.255 e. The molecule has 0 unspecified atom stereocenters. The van der Waals surface area contributed by atoms with E-state index >= 15 is 0 Å². The van der Waals surface area contributed by atoms with Gasteiger partial charge in [0, 0.05) is 12.2 Å². The number of thioether (sulfide) groups is 1. The summed E-state index contributed by atoms with van der Waals surface area (Å²) in [7, 11) is 0. The first-order chi connectivity index (χ1) is 11.1. The van der Waals surface area contributed by atoms with E-state index in [1.54, 1.807) is 12.1 Å². The monoisotopic (exact) mass is 335 g/mol. The minimum atomic E-state index is -0.435. The van der Waals surface area contributed by atoms with E-state index in [1.807, 2.05) is 19.1 Å². The van der Waals surface area contributed by atoms with Crippen molar-refractivity contribution in [1.82, 2.24) is 9.97 Å². The Hall–Kier alpha value is -2.48. The second-order valence-electron chi connectivity index (χ2n) is 4.48. The zero-order valence-corrected chi connectivity index (χ0v) is 13.4. The highest BCUT2D eigenvalue weighted by molar-refractivity contribution is 7.99. The van der Waals surface area contributed by atoms with Gasteiger partial charge in [0.1, 0.15) is 5.75 Å². The molecule has 0 spiro atoms. The van der Waals surface area contributed by atoms with Gasteiger partial charge >= 0.3 is 0 Å². The van der Waals surface area contributed by atoms with E-state index < -0.39 is 5.56 Å². The van der Waals surface area contributed by atoms with Crippen LogP contribution in [0.1, 0.15) is 13.3 Å². The summed E-state index contributed by atoms with van der Waals surface area (Å²) in [5, 5.41) is 12.3. The summed E-state index contributed by atoms with van der Waals surface area (Å²) in [5.41, 5.74) is 0.184. The zero-order valence-electron chi connectivity index (χ0n) is 12.5. The molecule has 1 heterocycles. The van der Waals surface area contributed by atoms with Crippen molar-refractivity contribution in [2.24, 2.45) is 0 Å². The van der Waals surface area contributed by atoms with Gasteiger partial charge in [-0.25, -0.2) is 0 Å². The van der Waals surface area contributed by atoms with Gasteiger partial charge in [-0.2, -0.15) is 4.98 Å². The van der Waals surface area contributed by atoms with Crippen molar-refractivity contribution in [3.8, 4) is 11.6 Å². The van der Waals surface area contributed by atoms with E-state index in [1.165, 1.54) is 11.8 Å². The molecule has 2 rings (SSSR count). The molecule has 0 saturated heterocycles. The number of anilines is 1. The first-order valence-corrected chi connectivity index (χ1v) is 8.02. The number of amides is 1. The lowest BCUT2D eigenvalue weighted by Crippen LogP contribution is -2.13. The third-order valence-electron chi connectivity index (χ3n) is 2.74. The summed E-state index contributed by atoms with van der Waals surface area (Å²) in [6.45, 7) is 2.39. The lowest BCUT2D eigenvalue weighted by molar-refractivity contribution is -0.115. The largest absolute Gasteiger partial charge is 0.493 e. The maximum absolute atomic E-state index is 12.0. The number of aromatic amines is 1. The van der Waals surface area contributed by atoms with Gasteiger partial charge in [-0.3, -0.25) is 9.59 Å². The minimum Gasteiger partial charge on any atom is -0.493 e. The van der Waals surface area contributed by atoms with Crippen LogP contribution >= 0.6 is 11.8 Å². The van der Waals surface area contributed by atoms with Crippen LogP contribution in [0.15, 0.2) is 40.3 Å². The van der Waals surface area contributed by atoms with Crippen LogP contribution in [0.25, 0.3) is 0 Å². The maximum atomic E-state index is 12.0. The van der Waals surface area contributed by atoms with Crippen LogP contribution in [0.4, 0.5) is 5.69 Å². The summed E-state index contributed by atoms with van der Waals surface area (Å²) >= 11 is 1.18. The highest BCUT2D eigenvalue weighted by Gasteiger charge is 2.08. The number of aromatic hydroxyl groups is 1. The van der Waals surface area contributed by atoms with Crippen LogP contribution in [-0.2, 0) is 4.79 Å². The number of benzene rings is 1. The number of carbonyl (C=O) groups is 1. The first-order valence-electron chi connectivity index (χ1n) is 7.03. The Morgan fingerprint density at radius 3 is 2.96 bits per heavy atom. The highest BCUT2D eigenvalue weighted by atomic mass is 32.2. The standard InChI is InChI=1S/C15H17N3O4S/c1-2-22-11-6-4-3-5-10(11)16-12(19)7-8-23-15-17-13(20)9-14(21)18-15/h3-6,9H,2,7-8H2,1H3,(H,16,19)(H2,17,18,20,21). The fourth-order valence-corrected chi connectivity index (χ4v) is 2.61. The molecule has 0 fully saturated rings. The molecule has 0 aliphatic rings. The molecule has 2 aromatic rings. The van der Waals surface area contributed by atoms with Crippen molar-refractivity contribution < 1.29 is 14.6 Å². The quantitative estimate of drug-likeness (QED) is 0.528. The fourth-order valence-electron chi connectivity index (χ4n) is 1.80. The van der Waals surface area contributed by atoms with Crippen LogP contribution in [0.5, 0.6) is 11.6 Å². The minimum absolute atomic E-state index is 0.174. The predicted octanol–water partition coefficient (Wildman–Crippen LogP) is 2.00. The number of nitrogens with one attached hydrogen (secondary N) is 2. The van der Waals surface area contributed by atoms with E-state index in [0.29, 0.717) is 23.8 Å². The Morgan fingerprint density at radius 2 is 2.22 bits per heavy atom. The molecule has 8 heteroatoms. The summed E-state index contributed by atoms with van der Waals surface area (Å²) in [6, 6.07) is 8.19. The van der Waals surface area contributed by atoms with Crippen molar-refractivity contribution in [2.45, 2.75) is 18.5 Å². The number of ether oxygens (including phenoxy) is 1. The molecule has 122 valence electrons. The molecule has 0 radical (unpaired) electrons. The zero-order chi connectivity index (χ0) is 16.7. The molecule has 1 amide bonds. The number of aromatic nitrogens is 2. The van der Waals surface area contributed by atoms with Gasteiger partial charge in [-0.1, -0.05) is 23.9 Å². The molecule has 0 bridgehead atoms. The predicted molar refractivity (Wildman–Crippen MR) is 88.1 cm³/mol. The Kier molecular flexibility index (Phi) is 6.04. The Labute approximate surface area is 137 Å². The van der Waals surface area contributed by atoms with E-state index in [4.69, 9.17) is 4.74 Å². The van der Waals surface area contributed by atoms with E-state index in [-0.39, 0.29) is 23.4 Å². The molecule has 0 saturated carbocycles. The summed E-state index contributed by atoms with van der Waals surface area (Å²) in [4.78, 5) is 29.4. The smallest absolute Gasteiger partial charge is 0.255 e. The van der Waals surface area contributed by atoms with Crippen molar-refractivity contribution in [2.75, 3.05) is 17.7 Å². The lowest BCUT2D eigenvalue weighted by Gasteiger charge is -2.11. The Balaban J connectivity index is 1.87. The third-order valence-corrected chi connectivity index (χ3v) is 3.61. The van der Waals surface area contributed by atoms with E-state index in [0.717, 1.165) is 6.07 Å². The van der Waals surface area contributed by atoms with Crippen molar-refractivity contribution in [1.29, 1.82) is 0 Å². The average molecular weight is 335 g/mol. The molecular weight excluding hydrogens is 318 g/mol. The van der Waals surface area contributed by atoms with Gasteiger partial charge in [-0.15, -0.1) is 0 Å². The third kappa shape index (κ3) is 5.33. The number of carbonyl (C=O) groups excluding carboxylic acids is 1. The molecule has 1 aromatic heterocycles. The molecular formula is C15H17N3O4S. The Morgan fingerprint density at radius 1 is 1.43 bits per heavy atom. The van der Waals surface area contributed by atoms with Gasteiger partial charge in [0.25, 0.3) is 5.56 Å². The normalized spacial score (nSPS) is 10.3. The van der Waals surface area contributed by atoms with E-state index in [9.17, 15) is 14.7 Å². The Bertz CT molecular complexity index is 733. The molecule has 0 aliphatic heterocycles. The number of hydrogen-bond donors (Lipinski definition) is 3. The topological polar surface area (TPSA) is 104 Å². The van der Waals surface area contributed by atoms with E-state index in [2.05, 4.69) is 15.3 Å². The van der Waals surface area contributed by atoms with Gasteiger partial charge < -0.3 is 20.1 Å². The average Bonchev–Trinajstić information content (AvgIpc) is 2.48. The van der Waals surface area contributed by atoms with Gasteiger partial charge in [0.05, 0.1) is 18.4 Å². The van der Waals surface area contributed by atoms with Gasteiger partial charge in [0.15, 0.2) is 5.16 Å². The molecule has 0 aliphatic carbocycles. The van der Waals surface area contributed by atoms with Gasteiger partial charge in [0.2, 0.25) is 11.8 Å². The number of nitrogens with zero attached hydrogens (tertiary/aromatic N) is 1. The molecule has 3 N–H and O–H groups in total. The number of rotatable bonds is 7.